The fraction of sp³-hybridized carbons (Fsp3) is 0.333. The third-order valence-corrected chi connectivity index (χ3v) is 2.43. The van der Waals surface area contributed by atoms with E-state index in [1.54, 1.807) is 0 Å². The second kappa shape index (κ2) is 4.95. The second-order valence-corrected chi connectivity index (χ2v) is 3.57. The van der Waals surface area contributed by atoms with Crippen LogP contribution in [0, 0.1) is 5.82 Å². The van der Waals surface area contributed by atoms with E-state index in [4.69, 9.17) is 9.47 Å². The van der Waals surface area contributed by atoms with E-state index in [0.717, 1.165) is 6.07 Å². The van der Waals surface area contributed by atoms with Crippen LogP contribution in [0.25, 0.3) is 0 Å². The molecule has 0 amide bonds. The summed E-state index contributed by atoms with van der Waals surface area (Å²) >= 11 is 0. The molecule has 1 aromatic rings. The lowest BCUT2D eigenvalue weighted by atomic mass is 10.1. The summed E-state index contributed by atoms with van der Waals surface area (Å²) in [6.07, 6.45) is 0.0752. The van der Waals surface area contributed by atoms with Crippen LogP contribution in [0.1, 0.15) is 16.8 Å². The molecule has 0 radical (unpaired) electrons. The van der Waals surface area contributed by atoms with E-state index >= 15 is 0 Å². The monoisotopic (exact) mass is 237 g/mol. The molecule has 90 valence electrons. The molecule has 0 spiro atoms. The first-order valence-electron chi connectivity index (χ1n) is 5.23. The molecule has 0 N–H and O–H groups in total. The second-order valence-electron chi connectivity index (χ2n) is 3.57. The molecule has 0 aromatic heterocycles. The molecule has 0 aliphatic carbocycles. The highest BCUT2D eigenvalue weighted by molar-refractivity contribution is 6.07. The number of carbonyl (C=O) groups excluding carboxylic acids is 1. The lowest BCUT2D eigenvalue weighted by Gasteiger charge is -2.04. The molecule has 0 bridgehead atoms. The topological polar surface area (TPSA) is 47.9 Å². The summed E-state index contributed by atoms with van der Waals surface area (Å²) in [6.45, 7) is 1.10. The zero-order valence-corrected chi connectivity index (χ0v) is 9.40. The Bertz CT molecular complexity index is 471. The highest BCUT2D eigenvalue weighted by atomic mass is 19.1. The van der Waals surface area contributed by atoms with E-state index < -0.39 is 5.82 Å². The maximum absolute atomic E-state index is 13.4. The smallest absolute Gasteiger partial charge is 0.191 e. The Balaban J connectivity index is 2.11. The highest BCUT2D eigenvalue weighted by Gasteiger charge is 2.15. The number of hydrogen-bond donors (Lipinski definition) is 0. The number of hydrogen-bond acceptors (Lipinski definition) is 4. The van der Waals surface area contributed by atoms with Gasteiger partial charge in [-0.05, 0) is 18.2 Å². The Morgan fingerprint density at radius 1 is 1.59 bits per heavy atom. The Labute approximate surface area is 98.1 Å². The predicted octanol–water partition coefficient (Wildman–Crippen LogP) is 1.84. The van der Waals surface area contributed by atoms with Gasteiger partial charge in [-0.3, -0.25) is 9.79 Å². The van der Waals surface area contributed by atoms with Crippen molar-refractivity contribution in [1.29, 1.82) is 0 Å². The van der Waals surface area contributed by atoms with Gasteiger partial charge < -0.3 is 9.47 Å². The first-order chi connectivity index (χ1) is 8.20. The zero-order chi connectivity index (χ0) is 12.3. The summed E-state index contributed by atoms with van der Waals surface area (Å²) in [7, 11) is 1.38. The normalized spacial score (nSPS) is 14.1. The van der Waals surface area contributed by atoms with Crippen LogP contribution in [-0.2, 0) is 4.74 Å². The fourth-order valence-electron chi connectivity index (χ4n) is 1.57. The van der Waals surface area contributed by atoms with Crippen molar-refractivity contribution in [2.45, 2.75) is 6.42 Å². The lowest BCUT2D eigenvalue weighted by Crippen LogP contribution is -2.09. The number of nitrogens with zero attached hydrogens (tertiary/aromatic N) is 1. The van der Waals surface area contributed by atoms with Crippen molar-refractivity contribution in [1.82, 2.24) is 0 Å². The van der Waals surface area contributed by atoms with Crippen LogP contribution in [0.5, 0.6) is 5.75 Å². The number of ketones is 1. The number of methoxy groups -OCH3 is 1. The van der Waals surface area contributed by atoms with Crippen molar-refractivity contribution in [3.05, 3.63) is 29.6 Å². The molecule has 4 nitrogen and oxygen atoms in total. The van der Waals surface area contributed by atoms with Gasteiger partial charge in [0.15, 0.2) is 23.2 Å². The van der Waals surface area contributed by atoms with Gasteiger partial charge in [-0.15, -0.1) is 0 Å². The molecule has 0 fully saturated rings. The van der Waals surface area contributed by atoms with Crippen molar-refractivity contribution in [2.24, 2.45) is 4.99 Å². The summed E-state index contributed by atoms with van der Waals surface area (Å²) < 4.78 is 23.3. The number of benzene rings is 1. The standard InChI is InChI=1S/C12H12FNO3/c1-16-11-3-2-8(6-9(11)13)10(15)7-12-14-4-5-17-12/h2-3,6H,4-5,7H2,1H3. The highest BCUT2D eigenvalue weighted by Crippen LogP contribution is 2.19. The molecule has 0 saturated heterocycles. The first kappa shape index (κ1) is 11.6. The van der Waals surface area contributed by atoms with E-state index in [2.05, 4.69) is 4.99 Å². The summed E-state index contributed by atoms with van der Waals surface area (Å²) in [5.74, 6) is -0.220. The van der Waals surface area contributed by atoms with Crippen LogP contribution in [0.3, 0.4) is 0 Å². The van der Waals surface area contributed by atoms with Gasteiger partial charge in [0, 0.05) is 5.56 Å². The number of rotatable bonds is 4. The van der Waals surface area contributed by atoms with Crippen LogP contribution < -0.4 is 4.74 Å². The Hall–Kier alpha value is -1.91. The molecule has 1 heterocycles. The number of Topliss-reactive ketones (excluding diaryl/α,β-unsaturated/α-hetero) is 1. The third-order valence-electron chi connectivity index (χ3n) is 2.43. The van der Waals surface area contributed by atoms with Gasteiger partial charge in [0.2, 0.25) is 0 Å². The largest absolute Gasteiger partial charge is 0.494 e. The number of aliphatic imine (C=N–C) groups is 1. The van der Waals surface area contributed by atoms with E-state index in [0.29, 0.717) is 24.6 Å². The minimum Gasteiger partial charge on any atom is -0.494 e. The van der Waals surface area contributed by atoms with Crippen molar-refractivity contribution < 1.29 is 18.7 Å². The van der Waals surface area contributed by atoms with Gasteiger partial charge in [0.05, 0.1) is 20.1 Å². The van der Waals surface area contributed by atoms with Gasteiger partial charge >= 0.3 is 0 Å². The van der Waals surface area contributed by atoms with Crippen molar-refractivity contribution in [3.63, 3.8) is 0 Å². The average Bonchev–Trinajstić information content (AvgIpc) is 2.81. The van der Waals surface area contributed by atoms with Crippen molar-refractivity contribution >= 4 is 11.7 Å². The van der Waals surface area contributed by atoms with E-state index in [9.17, 15) is 9.18 Å². The Morgan fingerprint density at radius 3 is 3.00 bits per heavy atom. The van der Waals surface area contributed by atoms with Gasteiger partial charge in [-0.25, -0.2) is 4.39 Å². The summed E-state index contributed by atoms with van der Waals surface area (Å²) in [4.78, 5) is 15.8. The number of halogens is 1. The molecule has 0 saturated carbocycles. The van der Waals surface area contributed by atoms with Crippen LogP contribution in [0.2, 0.25) is 0 Å². The van der Waals surface area contributed by atoms with Crippen LogP contribution in [0.15, 0.2) is 23.2 Å². The molecule has 1 aliphatic rings. The maximum atomic E-state index is 13.4. The Morgan fingerprint density at radius 2 is 2.41 bits per heavy atom. The molecule has 17 heavy (non-hydrogen) atoms. The lowest BCUT2D eigenvalue weighted by molar-refractivity contribution is 0.0994. The predicted molar refractivity (Wildman–Crippen MR) is 60.2 cm³/mol. The molecule has 0 unspecified atom stereocenters. The van der Waals surface area contributed by atoms with Gasteiger partial charge in [-0.2, -0.15) is 0 Å². The van der Waals surface area contributed by atoms with E-state index in [1.807, 2.05) is 0 Å². The number of carbonyl (C=O) groups is 1. The minimum absolute atomic E-state index is 0.0752. The van der Waals surface area contributed by atoms with Gasteiger partial charge in [-0.1, -0.05) is 0 Å². The molecular weight excluding hydrogens is 225 g/mol. The van der Waals surface area contributed by atoms with E-state index in [-0.39, 0.29) is 18.0 Å². The van der Waals surface area contributed by atoms with Crippen molar-refractivity contribution in [2.75, 3.05) is 20.3 Å². The maximum Gasteiger partial charge on any atom is 0.191 e. The summed E-state index contributed by atoms with van der Waals surface area (Å²) in [6, 6.07) is 4.12. The quantitative estimate of drug-likeness (QED) is 0.751. The fourth-order valence-corrected chi connectivity index (χ4v) is 1.57. The molecule has 0 atom stereocenters. The summed E-state index contributed by atoms with van der Waals surface area (Å²) in [5, 5.41) is 0. The molecule has 1 aliphatic heterocycles. The minimum atomic E-state index is -0.548. The summed E-state index contributed by atoms with van der Waals surface area (Å²) in [5.41, 5.74) is 0.293. The van der Waals surface area contributed by atoms with E-state index in [1.165, 1.54) is 19.2 Å². The average molecular weight is 237 g/mol. The first-order valence-corrected chi connectivity index (χ1v) is 5.23. The number of ether oxygens (including phenoxy) is 2. The third kappa shape index (κ3) is 2.61. The van der Waals surface area contributed by atoms with Crippen molar-refractivity contribution in [3.8, 4) is 5.75 Å². The van der Waals surface area contributed by atoms with Crippen LogP contribution >= 0.6 is 0 Å². The molecule has 2 rings (SSSR count). The van der Waals surface area contributed by atoms with Crippen LogP contribution in [-0.4, -0.2) is 31.9 Å². The SMILES string of the molecule is COc1ccc(C(=O)CC2=NCCO2)cc1F. The van der Waals surface area contributed by atoms with Gasteiger partial charge in [0.1, 0.15) is 6.61 Å². The molecule has 1 aromatic carbocycles. The van der Waals surface area contributed by atoms with Crippen LogP contribution in [0.4, 0.5) is 4.39 Å². The zero-order valence-electron chi connectivity index (χ0n) is 9.40. The Kier molecular flexibility index (Phi) is 3.37. The molecule has 5 heteroatoms. The van der Waals surface area contributed by atoms with Gasteiger partial charge in [0.25, 0.3) is 0 Å². The molecular formula is C12H12FNO3.